The number of hydrogen-bond donors (Lipinski definition) is 5. The normalized spacial score (nSPS) is 12.6. The number of nitrogens with one attached hydrogen (secondary N) is 2. The van der Waals surface area contributed by atoms with E-state index in [-0.39, 0.29) is 31.0 Å². The molecule has 41 heavy (non-hydrogen) atoms. The number of ether oxygens (including phenoxy) is 1. The Morgan fingerprint density at radius 2 is 1.56 bits per heavy atom. The summed E-state index contributed by atoms with van der Waals surface area (Å²) in [5.41, 5.74) is 0.955. The smallest absolute Gasteiger partial charge is 0.408 e. The van der Waals surface area contributed by atoms with E-state index in [0.29, 0.717) is 11.1 Å². The number of benzene rings is 3. The Morgan fingerprint density at radius 3 is 2.17 bits per heavy atom. The molecule has 0 saturated heterocycles. The molecule has 0 radical (unpaired) electrons. The molecule has 2 unspecified atom stereocenters. The van der Waals surface area contributed by atoms with Crippen molar-refractivity contribution in [2.45, 2.75) is 51.4 Å². The molecule has 10 nitrogen and oxygen atoms in total. The number of carbonyl (C=O) groups excluding carboxylic acids is 3. The van der Waals surface area contributed by atoms with Crippen LogP contribution in [0.3, 0.4) is 0 Å². The quantitative estimate of drug-likeness (QED) is 0.240. The molecule has 0 aliphatic rings. The van der Waals surface area contributed by atoms with Gasteiger partial charge in [0, 0.05) is 19.5 Å². The van der Waals surface area contributed by atoms with Gasteiger partial charge in [-0.3, -0.25) is 9.59 Å². The lowest BCUT2D eigenvalue weighted by Gasteiger charge is -2.34. The molecule has 0 fully saturated rings. The van der Waals surface area contributed by atoms with Crippen LogP contribution in [-0.4, -0.2) is 62.9 Å². The first-order valence-electron chi connectivity index (χ1n) is 13.3. The van der Waals surface area contributed by atoms with Gasteiger partial charge in [-0.1, -0.05) is 54.6 Å². The van der Waals surface area contributed by atoms with Crippen LogP contribution < -0.4 is 10.6 Å². The van der Waals surface area contributed by atoms with Crippen LogP contribution in [0.15, 0.2) is 78.9 Å². The molecule has 2 atom stereocenters. The Labute approximate surface area is 239 Å². The molecular formula is C31H37N3O7. The van der Waals surface area contributed by atoms with Crippen molar-refractivity contribution < 1.29 is 34.4 Å². The molecule has 218 valence electrons. The summed E-state index contributed by atoms with van der Waals surface area (Å²) >= 11 is 0. The van der Waals surface area contributed by atoms with Gasteiger partial charge in [0.1, 0.15) is 29.2 Å². The predicted molar refractivity (Wildman–Crippen MR) is 153 cm³/mol. The van der Waals surface area contributed by atoms with Crippen LogP contribution in [0.4, 0.5) is 4.79 Å². The number of aliphatic hydroxyl groups is 1. The lowest BCUT2D eigenvalue weighted by atomic mass is 10.00. The Morgan fingerprint density at radius 1 is 0.878 bits per heavy atom. The maximum Gasteiger partial charge on any atom is 0.408 e. The summed E-state index contributed by atoms with van der Waals surface area (Å²) in [6.45, 7) is 4.55. The summed E-state index contributed by atoms with van der Waals surface area (Å²) < 4.78 is 5.39. The molecule has 3 amide bonds. The average Bonchev–Trinajstić information content (AvgIpc) is 2.91. The number of carbonyl (C=O) groups is 3. The maximum absolute atomic E-state index is 14.1. The van der Waals surface area contributed by atoms with Crippen molar-refractivity contribution in [3.63, 3.8) is 0 Å². The van der Waals surface area contributed by atoms with E-state index in [4.69, 9.17) is 4.74 Å². The van der Waals surface area contributed by atoms with E-state index < -0.39 is 42.2 Å². The molecule has 3 aromatic carbocycles. The second-order valence-corrected chi connectivity index (χ2v) is 10.5. The van der Waals surface area contributed by atoms with Gasteiger partial charge in [-0.15, -0.1) is 0 Å². The van der Waals surface area contributed by atoms with Crippen molar-refractivity contribution in [3.05, 3.63) is 95.6 Å². The number of alkyl carbamates (subject to hydrolysis) is 1. The van der Waals surface area contributed by atoms with E-state index in [1.165, 1.54) is 29.2 Å². The largest absolute Gasteiger partial charge is 0.508 e. The van der Waals surface area contributed by atoms with Crippen LogP contribution in [-0.2, 0) is 27.3 Å². The van der Waals surface area contributed by atoms with E-state index in [2.05, 4.69) is 10.6 Å². The van der Waals surface area contributed by atoms with Crippen molar-refractivity contribution in [1.82, 2.24) is 15.5 Å². The van der Waals surface area contributed by atoms with Crippen LogP contribution in [0.5, 0.6) is 11.5 Å². The third kappa shape index (κ3) is 9.54. The van der Waals surface area contributed by atoms with Crippen molar-refractivity contribution in [3.8, 4) is 11.5 Å². The minimum atomic E-state index is -1.24. The Hall–Kier alpha value is -4.57. The third-order valence-electron chi connectivity index (χ3n) is 6.04. The molecule has 10 heteroatoms. The van der Waals surface area contributed by atoms with Crippen molar-refractivity contribution in [2.24, 2.45) is 0 Å². The molecule has 0 aliphatic carbocycles. The van der Waals surface area contributed by atoms with Crippen LogP contribution in [0.25, 0.3) is 0 Å². The van der Waals surface area contributed by atoms with Crippen LogP contribution in [0.1, 0.15) is 43.5 Å². The van der Waals surface area contributed by atoms with Gasteiger partial charge in [0.25, 0.3) is 0 Å². The van der Waals surface area contributed by atoms with E-state index in [0.717, 1.165) is 5.56 Å². The van der Waals surface area contributed by atoms with Crippen molar-refractivity contribution in [1.29, 1.82) is 0 Å². The first-order valence-corrected chi connectivity index (χ1v) is 13.3. The highest BCUT2D eigenvalue weighted by Gasteiger charge is 2.36. The molecule has 5 N–H and O–H groups in total. The van der Waals surface area contributed by atoms with E-state index in [1.54, 1.807) is 45.0 Å². The lowest BCUT2D eigenvalue weighted by Crippen LogP contribution is -2.54. The summed E-state index contributed by atoms with van der Waals surface area (Å²) in [6, 6.07) is 18.9. The minimum absolute atomic E-state index is 0.0126. The van der Waals surface area contributed by atoms with Gasteiger partial charge in [-0.2, -0.15) is 0 Å². The summed E-state index contributed by atoms with van der Waals surface area (Å²) in [6.07, 6.45) is -0.820. The number of phenolic OH excluding ortho intramolecular Hbond substituents is 2. The lowest BCUT2D eigenvalue weighted by molar-refractivity contribution is -0.143. The Kier molecular flexibility index (Phi) is 10.7. The number of hydrogen-bond acceptors (Lipinski definition) is 7. The first kappa shape index (κ1) is 31.0. The van der Waals surface area contributed by atoms with Crippen LogP contribution in [0.2, 0.25) is 0 Å². The SMILES string of the molecule is CC(C)(C)OC(=O)NC(Cc1ccc(O)cc1)C(=O)N(CCO)C(C(=O)NCc1ccccc1)c1cccc(O)c1. The van der Waals surface area contributed by atoms with Crippen LogP contribution in [0, 0.1) is 0 Å². The zero-order chi connectivity index (χ0) is 30.0. The maximum atomic E-state index is 14.1. The van der Waals surface area contributed by atoms with Gasteiger partial charge in [0.15, 0.2) is 0 Å². The van der Waals surface area contributed by atoms with E-state index in [1.807, 2.05) is 30.3 Å². The molecule has 0 saturated carbocycles. The minimum Gasteiger partial charge on any atom is -0.508 e. The third-order valence-corrected chi connectivity index (χ3v) is 6.04. The fourth-order valence-electron chi connectivity index (χ4n) is 4.24. The summed E-state index contributed by atoms with van der Waals surface area (Å²) in [5.74, 6) is -1.26. The Bertz CT molecular complexity index is 1310. The standard InChI is InChI=1S/C31H37N3O7/c1-31(2,3)41-30(40)33-26(18-21-12-14-24(36)15-13-21)29(39)34(16-17-35)27(23-10-7-11-25(37)19-23)28(38)32-20-22-8-5-4-6-9-22/h4-15,19,26-27,35-37H,16-18,20H2,1-3H3,(H,32,38)(H,33,40). The van der Waals surface area contributed by atoms with Crippen LogP contribution >= 0.6 is 0 Å². The highest BCUT2D eigenvalue weighted by Crippen LogP contribution is 2.26. The molecule has 0 bridgehead atoms. The van der Waals surface area contributed by atoms with Gasteiger partial charge in [-0.25, -0.2) is 4.79 Å². The topological polar surface area (TPSA) is 148 Å². The fourth-order valence-corrected chi connectivity index (χ4v) is 4.24. The zero-order valence-electron chi connectivity index (χ0n) is 23.4. The van der Waals surface area contributed by atoms with Crippen molar-refractivity contribution >= 4 is 17.9 Å². The highest BCUT2D eigenvalue weighted by atomic mass is 16.6. The van der Waals surface area contributed by atoms with Gasteiger partial charge >= 0.3 is 6.09 Å². The molecule has 0 aliphatic heterocycles. The van der Waals surface area contributed by atoms with E-state index >= 15 is 0 Å². The van der Waals surface area contributed by atoms with Crippen molar-refractivity contribution in [2.75, 3.05) is 13.2 Å². The number of aromatic hydroxyl groups is 2. The first-order chi connectivity index (χ1) is 19.5. The summed E-state index contributed by atoms with van der Waals surface area (Å²) in [4.78, 5) is 41.8. The zero-order valence-corrected chi connectivity index (χ0v) is 23.4. The second-order valence-electron chi connectivity index (χ2n) is 10.5. The van der Waals surface area contributed by atoms with E-state index in [9.17, 15) is 29.7 Å². The summed E-state index contributed by atoms with van der Waals surface area (Å²) in [7, 11) is 0. The average molecular weight is 564 g/mol. The monoisotopic (exact) mass is 563 g/mol. The fraction of sp³-hybridized carbons (Fsp3) is 0.323. The highest BCUT2D eigenvalue weighted by molar-refractivity contribution is 5.92. The van der Waals surface area contributed by atoms with Gasteiger partial charge in [0.05, 0.1) is 6.61 Å². The van der Waals surface area contributed by atoms with Gasteiger partial charge in [-0.05, 0) is 61.7 Å². The number of rotatable bonds is 11. The molecule has 0 aromatic heterocycles. The van der Waals surface area contributed by atoms with Gasteiger partial charge < -0.3 is 35.6 Å². The molecule has 0 heterocycles. The predicted octanol–water partition coefficient (Wildman–Crippen LogP) is 3.41. The Balaban J connectivity index is 1.98. The van der Waals surface area contributed by atoms with Gasteiger partial charge in [0.2, 0.25) is 11.8 Å². The number of amides is 3. The number of aliphatic hydroxyl groups excluding tert-OH is 1. The number of phenols is 2. The molecule has 3 rings (SSSR count). The molecule has 0 spiro atoms. The second kappa shape index (κ2) is 14.2. The molecule has 3 aromatic rings. The summed E-state index contributed by atoms with van der Waals surface area (Å²) in [5, 5.41) is 35.3. The molecular weight excluding hydrogens is 526 g/mol. The number of nitrogens with zero attached hydrogens (tertiary/aromatic N) is 1.